The van der Waals surface area contributed by atoms with E-state index in [2.05, 4.69) is 5.32 Å². The highest BCUT2D eigenvalue weighted by atomic mass is 19.1. The maximum absolute atomic E-state index is 13.4. The van der Waals surface area contributed by atoms with Crippen LogP contribution in [0.25, 0.3) is 0 Å². The molecule has 0 saturated heterocycles. The van der Waals surface area contributed by atoms with Gasteiger partial charge in [-0.1, -0.05) is 31.2 Å². The Balaban J connectivity index is 1.90. The summed E-state index contributed by atoms with van der Waals surface area (Å²) in [4.78, 5) is 24.5. The Morgan fingerprint density at radius 1 is 1.22 bits per heavy atom. The zero-order valence-electron chi connectivity index (χ0n) is 12.6. The largest absolute Gasteiger partial charge is 0.375 e. The van der Waals surface area contributed by atoms with E-state index in [4.69, 9.17) is 0 Å². The van der Waals surface area contributed by atoms with Crippen molar-refractivity contribution < 1.29 is 19.1 Å². The summed E-state index contributed by atoms with van der Waals surface area (Å²) in [5.74, 6) is -1.66. The molecule has 0 spiro atoms. The predicted molar refractivity (Wildman–Crippen MR) is 83.7 cm³/mol. The molecule has 2 aromatic carbocycles. The zero-order valence-corrected chi connectivity index (χ0v) is 12.6. The molecular formula is C18H16FNO3. The molecule has 1 atom stereocenters. The minimum absolute atomic E-state index is 0.0982. The summed E-state index contributed by atoms with van der Waals surface area (Å²) in [6.07, 6.45) is 0.425. The van der Waals surface area contributed by atoms with E-state index < -0.39 is 23.7 Å². The van der Waals surface area contributed by atoms with Gasteiger partial charge in [0.15, 0.2) is 11.4 Å². The molecule has 1 heterocycles. The molecule has 4 nitrogen and oxygen atoms in total. The summed E-state index contributed by atoms with van der Waals surface area (Å²) in [5, 5.41) is 13.2. The van der Waals surface area contributed by atoms with Crippen LogP contribution < -0.4 is 5.32 Å². The topological polar surface area (TPSA) is 66.4 Å². The van der Waals surface area contributed by atoms with Gasteiger partial charge in [0, 0.05) is 16.8 Å². The molecule has 23 heavy (non-hydrogen) atoms. The number of carbonyl (C=O) groups is 2. The third kappa shape index (κ3) is 2.64. The van der Waals surface area contributed by atoms with Crippen molar-refractivity contribution in [2.75, 3.05) is 5.32 Å². The molecule has 0 saturated carbocycles. The Kier molecular flexibility index (Phi) is 3.74. The Morgan fingerprint density at radius 3 is 2.57 bits per heavy atom. The van der Waals surface area contributed by atoms with Crippen molar-refractivity contribution in [2.45, 2.75) is 25.4 Å². The summed E-state index contributed by atoms with van der Waals surface area (Å²) < 4.78 is 13.4. The molecule has 3 rings (SSSR count). The highest BCUT2D eigenvalue weighted by Gasteiger charge is 2.47. The monoisotopic (exact) mass is 313 g/mol. The van der Waals surface area contributed by atoms with Gasteiger partial charge in [-0.3, -0.25) is 9.59 Å². The molecule has 0 aromatic heterocycles. The number of amides is 1. The molecule has 2 aromatic rings. The van der Waals surface area contributed by atoms with Crippen molar-refractivity contribution in [1.29, 1.82) is 0 Å². The Bertz CT molecular complexity index is 785. The lowest BCUT2D eigenvalue weighted by molar-refractivity contribution is -0.133. The van der Waals surface area contributed by atoms with Crippen LogP contribution in [-0.4, -0.2) is 16.8 Å². The van der Waals surface area contributed by atoms with Gasteiger partial charge in [0.1, 0.15) is 5.82 Å². The number of anilines is 1. The minimum Gasteiger partial charge on any atom is -0.375 e. The molecule has 1 aliphatic heterocycles. The molecule has 2 N–H and O–H groups in total. The molecule has 0 radical (unpaired) electrons. The lowest BCUT2D eigenvalue weighted by atomic mass is 9.88. The van der Waals surface area contributed by atoms with Gasteiger partial charge in [-0.2, -0.15) is 0 Å². The lowest BCUT2D eigenvalue weighted by Gasteiger charge is -2.20. The molecule has 0 bridgehead atoms. The van der Waals surface area contributed by atoms with Crippen LogP contribution in [0.2, 0.25) is 0 Å². The number of carbonyl (C=O) groups excluding carboxylic acids is 2. The highest BCUT2D eigenvalue weighted by Crippen LogP contribution is 2.39. The molecule has 1 amide bonds. The van der Waals surface area contributed by atoms with E-state index in [9.17, 15) is 19.1 Å². The maximum Gasteiger partial charge on any atom is 0.261 e. The van der Waals surface area contributed by atoms with Gasteiger partial charge in [-0.05, 0) is 30.2 Å². The van der Waals surface area contributed by atoms with E-state index in [1.165, 1.54) is 12.1 Å². The lowest BCUT2D eigenvalue weighted by Crippen LogP contribution is -2.36. The van der Waals surface area contributed by atoms with Gasteiger partial charge in [-0.15, -0.1) is 0 Å². The first-order valence-corrected chi connectivity index (χ1v) is 7.40. The number of hydrogen-bond acceptors (Lipinski definition) is 3. The molecule has 0 aliphatic carbocycles. The zero-order chi connectivity index (χ0) is 16.6. The number of hydrogen-bond donors (Lipinski definition) is 2. The number of halogens is 1. The molecular weight excluding hydrogens is 297 g/mol. The first-order valence-electron chi connectivity index (χ1n) is 7.40. The maximum atomic E-state index is 13.4. The summed E-state index contributed by atoms with van der Waals surface area (Å²) in [5.41, 5.74) is -0.119. The van der Waals surface area contributed by atoms with Crippen LogP contribution in [0.15, 0.2) is 42.5 Å². The van der Waals surface area contributed by atoms with Crippen LogP contribution in [0.4, 0.5) is 10.1 Å². The van der Waals surface area contributed by atoms with Crippen molar-refractivity contribution >= 4 is 17.4 Å². The summed E-state index contributed by atoms with van der Waals surface area (Å²) in [6, 6.07) is 10.7. The quantitative estimate of drug-likeness (QED) is 0.853. The van der Waals surface area contributed by atoms with E-state index in [0.717, 1.165) is 18.1 Å². The number of Topliss-reactive ketones (excluding diaryl/α,β-unsaturated/α-hetero) is 1. The Labute approximate surface area is 133 Å². The van der Waals surface area contributed by atoms with Crippen LogP contribution in [0.3, 0.4) is 0 Å². The van der Waals surface area contributed by atoms with E-state index in [1.807, 2.05) is 19.1 Å². The summed E-state index contributed by atoms with van der Waals surface area (Å²) >= 11 is 0. The van der Waals surface area contributed by atoms with Crippen molar-refractivity contribution in [3.05, 3.63) is 65.0 Å². The third-order valence-corrected chi connectivity index (χ3v) is 4.15. The van der Waals surface area contributed by atoms with Crippen LogP contribution >= 0.6 is 0 Å². The van der Waals surface area contributed by atoms with E-state index >= 15 is 0 Å². The van der Waals surface area contributed by atoms with Gasteiger partial charge in [0.05, 0.1) is 6.42 Å². The third-order valence-electron chi connectivity index (χ3n) is 4.15. The molecule has 5 heteroatoms. The van der Waals surface area contributed by atoms with E-state index in [1.54, 1.807) is 12.1 Å². The first-order chi connectivity index (χ1) is 10.9. The fourth-order valence-corrected chi connectivity index (χ4v) is 2.75. The van der Waals surface area contributed by atoms with Crippen molar-refractivity contribution in [3.8, 4) is 0 Å². The van der Waals surface area contributed by atoms with Gasteiger partial charge in [0.2, 0.25) is 0 Å². The number of rotatable bonds is 4. The fraction of sp³-hybridized carbons (Fsp3) is 0.222. The molecule has 0 fully saturated rings. The normalized spacial score (nSPS) is 19.3. The van der Waals surface area contributed by atoms with Crippen molar-refractivity contribution in [2.24, 2.45) is 0 Å². The number of nitrogens with one attached hydrogen (secondary N) is 1. The average Bonchev–Trinajstić information content (AvgIpc) is 2.79. The Hall–Kier alpha value is -2.53. The van der Waals surface area contributed by atoms with Crippen LogP contribution in [0.1, 0.15) is 34.8 Å². The van der Waals surface area contributed by atoms with Crippen molar-refractivity contribution in [3.63, 3.8) is 0 Å². The SMILES string of the molecule is CCc1ccc(C(=O)C[C@@]2(O)C(=O)Nc3ccc(F)cc32)cc1. The van der Waals surface area contributed by atoms with E-state index in [0.29, 0.717) is 11.3 Å². The number of aliphatic hydroxyl groups is 1. The summed E-state index contributed by atoms with van der Waals surface area (Å²) in [6.45, 7) is 2.01. The minimum atomic E-state index is -2.04. The summed E-state index contributed by atoms with van der Waals surface area (Å²) in [7, 11) is 0. The fourth-order valence-electron chi connectivity index (χ4n) is 2.75. The Morgan fingerprint density at radius 2 is 1.91 bits per heavy atom. The number of benzene rings is 2. The van der Waals surface area contributed by atoms with Gasteiger partial charge in [0.25, 0.3) is 5.91 Å². The van der Waals surface area contributed by atoms with Crippen LogP contribution in [-0.2, 0) is 16.8 Å². The van der Waals surface area contributed by atoms with Gasteiger partial charge in [-0.25, -0.2) is 4.39 Å². The highest BCUT2D eigenvalue weighted by molar-refractivity contribution is 6.09. The second-order valence-electron chi connectivity index (χ2n) is 5.65. The number of ketones is 1. The number of aryl methyl sites for hydroxylation is 1. The van der Waals surface area contributed by atoms with E-state index in [-0.39, 0.29) is 11.3 Å². The molecule has 1 aliphatic rings. The van der Waals surface area contributed by atoms with Crippen LogP contribution in [0, 0.1) is 5.82 Å². The number of fused-ring (bicyclic) bond motifs is 1. The predicted octanol–water partition coefficient (Wildman–Crippen LogP) is 2.80. The second kappa shape index (κ2) is 5.59. The standard InChI is InChI=1S/C18H16FNO3/c1-2-11-3-5-12(6-4-11)16(21)10-18(23)14-9-13(19)7-8-15(14)20-17(18)22/h3-9,23H,2,10H2,1H3,(H,20,22)/t18-/m0/s1. The van der Waals surface area contributed by atoms with Gasteiger partial charge >= 0.3 is 0 Å². The average molecular weight is 313 g/mol. The van der Waals surface area contributed by atoms with Crippen LogP contribution in [0.5, 0.6) is 0 Å². The smallest absolute Gasteiger partial charge is 0.261 e. The molecule has 118 valence electrons. The molecule has 0 unspecified atom stereocenters. The van der Waals surface area contributed by atoms with Gasteiger partial charge < -0.3 is 10.4 Å². The van der Waals surface area contributed by atoms with Crippen molar-refractivity contribution in [1.82, 2.24) is 0 Å². The first kappa shape index (κ1) is 15.4. The second-order valence-corrected chi connectivity index (χ2v) is 5.65.